The van der Waals surface area contributed by atoms with E-state index >= 15 is 0 Å². The second-order valence-electron chi connectivity index (χ2n) is 6.59. The summed E-state index contributed by atoms with van der Waals surface area (Å²) in [6.45, 7) is 7.86. The Balaban J connectivity index is 2.06. The third-order valence-corrected chi connectivity index (χ3v) is 5.05. The van der Waals surface area contributed by atoms with Crippen LogP contribution in [0.5, 0.6) is 0 Å². The third-order valence-electron chi connectivity index (χ3n) is 5.05. The summed E-state index contributed by atoms with van der Waals surface area (Å²) in [4.78, 5) is 0. The molecule has 0 fully saturated rings. The van der Waals surface area contributed by atoms with E-state index in [9.17, 15) is 0 Å². The molecule has 1 nitrogen and oxygen atoms in total. The quantitative estimate of drug-likeness (QED) is 0.545. The molecule has 0 bridgehead atoms. The summed E-state index contributed by atoms with van der Waals surface area (Å²) in [7, 11) is 0. The lowest BCUT2D eigenvalue weighted by atomic mass is 9.99. The van der Waals surface area contributed by atoms with Crippen LogP contribution in [0.4, 0.5) is 5.69 Å². The predicted octanol–water partition coefficient (Wildman–Crippen LogP) is 6.08. The Kier molecular flexibility index (Phi) is 4.95. The first-order valence-corrected chi connectivity index (χ1v) is 9.09. The summed E-state index contributed by atoms with van der Waals surface area (Å²) in [5.74, 6) is 0.764. The van der Waals surface area contributed by atoms with Gasteiger partial charge in [-0.25, -0.2) is 0 Å². The fourth-order valence-electron chi connectivity index (χ4n) is 3.74. The monoisotopic (exact) mass is 306 g/mol. The normalized spacial score (nSPS) is 15.1. The summed E-state index contributed by atoms with van der Waals surface area (Å²) in [5, 5.41) is 2.78. The lowest BCUT2D eigenvalue weighted by Gasteiger charge is -2.12. The molecule has 1 heteroatoms. The van der Waals surface area contributed by atoms with Crippen molar-refractivity contribution in [1.29, 1.82) is 0 Å². The number of hydrogen-bond acceptors (Lipinski definition) is 0. The average molecular weight is 306 g/mol. The molecular formula is C22H28N+. The van der Waals surface area contributed by atoms with Crippen LogP contribution in [0.1, 0.15) is 52.0 Å². The van der Waals surface area contributed by atoms with Crippen molar-refractivity contribution in [3.05, 3.63) is 54.1 Å². The van der Waals surface area contributed by atoms with Crippen molar-refractivity contribution in [3.63, 3.8) is 0 Å². The third kappa shape index (κ3) is 2.97. The molecule has 120 valence electrons. The van der Waals surface area contributed by atoms with Gasteiger partial charge in [0, 0.05) is 18.1 Å². The minimum Gasteiger partial charge on any atom is -0.191 e. The van der Waals surface area contributed by atoms with E-state index in [-0.39, 0.29) is 0 Å². The molecule has 0 spiro atoms. The summed E-state index contributed by atoms with van der Waals surface area (Å²) >= 11 is 0. The van der Waals surface area contributed by atoms with Crippen molar-refractivity contribution >= 4 is 22.2 Å². The largest absolute Gasteiger partial charge is 0.214 e. The molecule has 0 radical (unpaired) electrons. The van der Waals surface area contributed by atoms with E-state index in [0.717, 1.165) is 12.5 Å². The highest BCUT2D eigenvalue weighted by atomic mass is 15.0. The van der Waals surface area contributed by atoms with Crippen LogP contribution in [-0.4, -0.2) is 16.8 Å². The molecule has 1 atom stereocenters. The number of hydrogen-bond donors (Lipinski definition) is 0. The molecule has 23 heavy (non-hydrogen) atoms. The van der Waals surface area contributed by atoms with Crippen LogP contribution in [-0.2, 0) is 0 Å². The van der Waals surface area contributed by atoms with Gasteiger partial charge in [0.1, 0.15) is 0 Å². The van der Waals surface area contributed by atoms with E-state index in [4.69, 9.17) is 0 Å². The maximum Gasteiger partial charge on any atom is 0.214 e. The van der Waals surface area contributed by atoms with Crippen molar-refractivity contribution in [2.75, 3.05) is 6.54 Å². The summed E-state index contributed by atoms with van der Waals surface area (Å²) < 4.78 is 2.56. The molecule has 1 unspecified atom stereocenters. The Morgan fingerprint density at radius 3 is 2.57 bits per heavy atom. The SMILES string of the molecule is C/C=C/C1=[N+](CC(CC)CCCC)c2cccc3cccc1c23. The molecular weight excluding hydrogens is 278 g/mol. The molecule has 0 aliphatic carbocycles. The van der Waals surface area contributed by atoms with Crippen molar-refractivity contribution in [2.45, 2.75) is 46.5 Å². The lowest BCUT2D eigenvalue weighted by Crippen LogP contribution is -2.20. The van der Waals surface area contributed by atoms with Crippen LogP contribution in [0.3, 0.4) is 0 Å². The van der Waals surface area contributed by atoms with E-state index in [1.165, 1.54) is 53.4 Å². The minimum atomic E-state index is 0.764. The maximum absolute atomic E-state index is 2.56. The van der Waals surface area contributed by atoms with Crippen molar-refractivity contribution < 1.29 is 4.58 Å². The molecule has 2 aromatic rings. The standard InChI is InChI=1S/C22H28N/c1-4-7-11-17(6-3)16-23-20(10-5-2)19-14-8-12-18-13-9-15-21(23)22(18)19/h5,8-10,12-15,17H,4,6-7,11,16H2,1-3H3/q+1/b10-5+. The molecule has 1 aliphatic rings. The first-order valence-electron chi connectivity index (χ1n) is 9.09. The van der Waals surface area contributed by atoms with Crippen molar-refractivity contribution in [1.82, 2.24) is 0 Å². The molecule has 0 saturated heterocycles. The summed E-state index contributed by atoms with van der Waals surface area (Å²) in [6.07, 6.45) is 9.66. The minimum absolute atomic E-state index is 0.764. The number of rotatable bonds is 7. The zero-order chi connectivity index (χ0) is 16.2. The Morgan fingerprint density at radius 1 is 1.09 bits per heavy atom. The van der Waals surface area contributed by atoms with Crippen molar-refractivity contribution in [2.24, 2.45) is 5.92 Å². The maximum atomic E-state index is 2.56. The van der Waals surface area contributed by atoms with Crippen LogP contribution < -0.4 is 0 Å². The van der Waals surface area contributed by atoms with Crippen LogP contribution >= 0.6 is 0 Å². The van der Waals surface area contributed by atoms with Crippen LogP contribution in [0.15, 0.2) is 48.6 Å². The van der Waals surface area contributed by atoms with Gasteiger partial charge in [0.05, 0.1) is 10.9 Å². The zero-order valence-corrected chi connectivity index (χ0v) is 14.7. The fourth-order valence-corrected chi connectivity index (χ4v) is 3.74. The lowest BCUT2D eigenvalue weighted by molar-refractivity contribution is -0.445. The van der Waals surface area contributed by atoms with Gasteiger partial charge in [-0.05, 0) is 31.2 Å². The summed E-state index contributed by atoms with van der Waals surface area (Å²) in [6, 6.07) is 13.4. The molecule has 1 heterocycles. The highest BCUT2D eigenvalue weighted by Crippen LogP contribution is 2.36. The van der Waals surface area contributed by atoms with Crippen molar-refractivity contribution in [3.8, 4) is 0 Å². The number of nitrogens with zero attached hydrogens (tertiary/aromatic N) is 1. The molecule has 0 saturated carbocycles. The number of unbranched alkanes of at least 4 members (excludes halogenated alkanes) is 1. The average Bonchev–Trinajstić information content (AvgIpc) is 2.88. The van der Waals surface area contributed by atoms with E-state index in [2.05, 4.69) is 73.9 Å². The molecule has 2 aromatic carbocycles. The first kappa shape index (κ1) is 16.0. The Labute approximate surface area is 140 Å². The number of allylic oxidation sites excluding steroid dienone is 2. The van der Waals surface area contributed by atoms with Gasteiger partial charge in [-0.1, -0.05) is 57.0 Å². The van der Waals surface area contributed by atoms with Gasteiger partial charge in [-0.15, -0.1) is 0 Å². The highest BCUT2D eigenvalue weighted by molar-refractivity contribution is 6.19. The molecule has 1 aliphatic heterocycles. The zero-order valence-electron chi connectivity index (χ0n) is 14.7. The second-order valence-corrected chi connectivity index (χ2v) is 6.59. The molecule has 0 amide bonds. The van der Waals surface area contributed by atoms with E-state index in [1.54, 1.807) is 0 Å². The Morgan fingerprint density at radius 2 is 1.87 bits per heavy atom. The van der Waals surface area contributed by atoms with Crippen LogP contribution in [0.25, 0.3) is 10.8 Å². The van der Waals surface area contributed by atoms with Gasteiger partial charge in [0.2, 0.25) is 11.4 Å². The molecule has 0 N–H and O–H groups in total. The predicted molar refractivity (Wildman–Crippen MR) is 101 cm³/mol. The highest BCUT2D eigenvalue weighted by Gasteiger charge is 2.31. The smallest absolute Gasteiger partial charge is 0.191 e. The second kappa shape index (κ2) is 7.12. The van der Waals surface area contributed by atoms with E-state index in [1.807, 2.05) is 0 Å². The van der Waals surface area contributed by atoms with E-state index in [0.29, 0.717) is 0 Å². The number of benzene rings is 2. The van der Waals surface area contributed by atoms with Gasteiger partial charge in [-0.2, -0.15) is 4.58 Å². The van der Waals surface area contributed by atoms with Crippen LogP contribution in [0.2, 0.25) is 0 Å². The van der Waals surface area contributed by atoms with Gasteiger partial charge >= 0.3 is 0 Å². The van der Waals surface area contributed by atoms with E-state index < -0.39 is 0 Å². The van der Waals surface area contributed by atoms with Gasteiger partial charge in [0.25, 0.3) is 0 Å². The van der Waals surface area contributed by atoms with Crippen LogP contribution in [0, 0.1) is 5.92 Å². The molecule has 0 aromatic heterocycles. The van der Waals surface area contributed by atoms with Gasteiger partial charge < -0.3 is 0 Å². The summed E-state index contributed by atoms with van der Waals surface area (Å²) in [5.41, 5.74) is 4.15. The van der Waals surface area contributed by atoms with Gasteiger partial charge in [-0.3, -0.25) is 0 Å². The molecule has 3 rings (SSSR count). The first-order chi connectivity index (χ1) is 11.3. The topological polar surface area (TPSA) is 3.01 Å². The fraction of sp³-hybridized carbons (Fsp3) is 0.409. The Bertz CT molecular complexity index is 746. The van der Waals surface area contributed by atoms with Gasteiger partial charge in [0.15, 0.2) is 6.54 Å². The Hall–Kier alpha value is -1.89.